The van der Waals surface area contributed by atoms with E-state index < -0.39 is 23.4 Å². The maximum atomic E-state index is 14.9. The molecule has 1 aromatic heterocycles. The van der Waals surface area contributed by atoms with Gasteiger partial charge in [-0.2, -0.15) is 0 Å². The van der Waals surface area contributed by atoms with Crippen LogP contribution in [0.4, 0.5) is 13.2 Å². The van der Waals surface area contributed by atoms with Crippen molar-refractivity contribution in [3.05, 3.63) is 77.1 Å². The number of nitrogens with one attached hydrogen (secondary N) is 1. The molecule has 0 bridgehead atoms. The topological polar surface area (TPSA) is 35.4 Å². The Morgan fingerprint density at radius 1 is 1.23 bits per heavy atom. The van der Waals surface area contributed by atoms with Crippen molar-refractivity contribution in [2.45, 2.75) is 44.9 Å². The third kappa shape index (κ3) is 5.41. The summed E-state index contributed by atoms with van der Waals surface area (Å²) in [6, 6.07) is 7.26. The van der Waals surface area contributed by atoms with Gasteiger partial charge in [-0.15, -0.1) is 0 Å². The SMILES string of the molecule is C=C(NC(Cn1cccc1C(=C)OC)(c1cc(Br)ccc1F)C(F)F)OC(C)(C)C. The van der Waals surface area contributed by atoms with E-state index in [1.165, 1.54) is 23.8 Å². The van der Waals surface area contributed by atoms with Gasteiger partial charge in [-0.3, -0.25) is 0 Å². The van der Waals surface area contributed by atoms with Gasteiger partial charge in [-0.25, -0.2) is 13.2 Å². The van der Waals surface area contributed by atoms with Gasteiger partial charge >= 0.3 is 0 Å². The lowest BCUT2D eigenvalue weighted by Gasteiger charge is -2.38. The molecular formula is C22H26BrF3N2O2. The van der Waals surface area contributed by atoms with Crippen molar-refractivity contribution in [3.63, 3.8) is 0 Å². The molecule has 0 saturated heterocycles. The van der Waals surface area contributed by atoms with Crippen LogP contribution in [0, 0.1) is 5.82 Å². The number of benzene rings is 1. The number of halogens is 4. The molecule has 0 fully saturated rings. The molecule has 0 saturated carbocycles. The summed E-state index contributed by atoms with van der Waals surface area (Å²) >= 11 is 3.25. The van der Waals surface area contributed by atoms with Gasteiger partial charge < -0.3 is 19.4 Å². The second-order valence-corrected chi connectivity index (χ2v) is 8.72. The standard InChI is InChI=1S/C22H26BrF3N2O2/c1-14(29-6)19-8-7-11-28(19)13-22(20(25)26,27-15(2)30-21(3,4)5)17-12-16(23)9-10-18(17)24/h7-12,20,27H,1-2,13H2,3-6H3. The van der Waals surface area contributed by atoms with E-state index in [0.717, 1.165) is 6.07 Å². The monoisotopic (exact) mass is 486 g/mol. The highest BCUT2D eigenvalue weighted by Gasteiger charge is 2.46. The summed E-state index contributed by atoms with van der Waals surface area (Å²) in [7, 11) is 1.44. The fourth-order valence-electron chi connectivity index (χ4n) is 3.09. The quantitative estimate of drug-likeness (QED) is 0.438. The van der Waals surface area contributed by atoms with E-state index in [-0.39, 0.29) is 18.0 Å². The maximum absolute atomic E-state index is 14.9. The maximum Gasteiger partial charge on any atom is 0.267 e. The fraction of sp³-hybridized carbons (Fsp3) is 0.364. The molecule has 8 heteroatoms. The summed E-state index contributed by atoms with van der Waals surface area (Å²) in [4.78, 5) is 0. The van der Waals surface area contributed by atoms with Crippen molar-refractivity contribution in [2.24, 2.45) is 0 Å². The van der Waals surface area contributed by atoms with Gasteiger partial charge in [0.2, 0.25) is 0 Å². The van der Waals surface area contributed by atoms with Crippen LogP contribution in [0.15, 0.2) is 60.0 Å². The fourth-order valence-corrected chi connectivity index (χ4v) is 3.46. The Kier molecular flexibility index (Phi) is 7.34. The molecule has 0 aliphatic rings. The van der Waals surface area contributed by atoms with Crippen LogP contribution in [0.3, 0.4) is 0 Å². The summed E-state index contributed by atoms with van der Waals surface area (Å²) in [5.41, 5.74) is -2.61. The molecule has 164 valence electrons. The van der Waals surface area contributed by atoms with E-state index >= 15 is 0 Å². The number of methoxy groups -OCH3 is 1. The summed E-state index contributed by atoms with van der Waals surface area (Å²) in [5, 5.41) is 2.67. The smallest absolute Gasteiger partial charge is 0.267 e. The zero-order valence-electron chi connectivity index (χ0n) is 17.4. The van der Waals surface area contributed by atoms with Crippen molar-refractivity contribution in [1.29, 1.82) is 0 Å². The van der Waals surface area contributed by atoms with Crippen molar-refractivity contribution in [1.82, 2.24) is 9.88 Å². The van der Waals surface area contributed by atoms with E-state index in [2.05, 4.69) is 34.4 Å². The number of rotatable bonds is 9. The molecule has 1 atom stereocenters. The Morgan fingerprint density at radius 3 is 2.47 bits per heavy atom. The molecule has 1 heterocycles. The highest BCUT2D eigenvalue weighted by molar-refractivity contribution is 9.10. The molecule has 1 N–H and O–H groups in total. The normalized spacial score (nSPS) is 13.6. The average Bonchev–Trinajstić information content (AvgIpc) is 3.08. The Morgan fingerprint density at radius 2 is 1.90 bits per heavy atom. The molecule has 0 amide bonds. The van der Waals surface area contributed by atoms with Gasteiger partial charge in [0.1, 0.15) is 22.7 Å². The van der Waals surface area contributed by atoms with Gasteiger partial charge in [0.15, 0.2) is 5.88 Å². The number of nitrogens with zero attached hydrogens (tertiary/aromatic N) is 1. The van der Waals surface area contributed by atoms with Gasteiger partial charge in [0, 0.05) is 16.2 Å². The zero-order valence-corrected chi connectivity index (χ0v) is 19.0. The molecule has 0 radical (unpaired) electrons. The largest absolute Gasteiger partial charge is 0.495 e. The van der Waals surface area contributed by atoms with Crippen LogP contribution < -0.4 is 5.32 Å². The zero-order chi connectivity index (χ0) is 22.7. The second-order valence-electron chi connectivity index (χ2n) is 7.81. The third-order valence-corrected chi connectivity index (χ3v) is 4.85. The van der Waals surface area contributed by atoms with Crippen LogP contribution in [0.25, 0.3) is 5.76 Å². The van der Waals surface area contributed by atoms with E-state index in [0.29, 0.717) is 15.9 Å². The first-order valence-electron chi connectivity index (χ1n) is 9.18. The number of ether oxygens (including phenoxy) is 2. The molecule has 0 aliphatic carbocycles. The predicted molar refractivity (Wildman–Crippen MR) is 115 cm³/mol. The van der Waals surface area contributed by atoms with Gasteiger partial charge in [0.05, 0.1) is 19.3 Å². The first kappa shape index (κ1) is 23.9. The van der Waals surface area contributed by atoms with Gasteiger partial charge in [0.25, 0.3) is 6.43 Å². The molecule has 0 spiro atoms. The molecular weight excluding hydrogens is 461 g/mol. The van der Waals surface area contributed by atoms with E-state index in [1.54, 1.807) is 39.1 Å². The van der Waals surface area contributed by atoms with Crippen molar-refractivity contribution in [3.8, 4) is 0 Å². The lowest BCUT2D eigenvalue weighted by atomic mass is 9.89. The van der Waals surface area contributed by atoms with Crippen LogP contribution in [0.2, 0.25) is 0 Å². The number of hydrogen-bond acceptors (Lipinski definition) is 3. The molecule has 2 rings (SSSR count). The molecule has 4 nitrogen and oxygen atoms in total. The summed E-state index contributed by atoms with van der Waals surface area (Å²) in [6.45, 7) is 12.5. The van der Waals surface area contributed by atoms with Gasteiger partial charge in [-0.1, -0.05) is 22.5 Å². The molecule has 1 unspecified atom stereocenters. The Hall–Kier alpha value is -2.35. The highest BCUT2D eigenvalue weighted by Crippen LogP contribution is 2.36. The van der Waals surface area contributed by atoms with E-state index in [9.17, 15) is 13.2 Å². The molecule has 30 heavy (non-hydrogen) atoms. The Labute approximate surface area is 183 Å². The number of aromatic nitrogens is 1. The lowest BCUT2D eigenvalue weighted by molar-refractivity contribution is -0.0180. The predicted octanol–water partition coefficient (Wildman–Crippen LogP) is 6.04. The van der Waals surface area contributed by atoms with E-state index in [4.69, 9.17) is 9.47 Å². The average molecular weight is 487 g/mol. The van der Waals surface area contributed by atoms with Crippen LogP contribution in [-0.4, -0.2) is 23.7 Å². The van der Waals surface area contributed by atoms with Crippen molar-refractivity contribution < 1.29 is 22.6 Å². The minimum absolute atomic E-state index is 0.0959. The van der Waals surface area contributed by atoms with E-state index in [1.807, 2.05) is 0 Å². The van der Waals surface area contributed by atoms with Crippen molar-refractivity contribution >= 4 is 21.7 Å². The molecule has 0 aliphatic heterocycles. The number of alkyl halides is 2. The first-order valence-corrected chi connectivity index (χ1v) is 9.97. The minimum atomic E-state index is -3.02. The molecule has 2 aromatic rings. The lowest BCUT2D eigenvalue weighted by Crippen LogP contribution is -2.52. The summed E-state index contributed by atoms with van der Waals surface area (Å²) < 4.78 is 57.1. The van der Waals surface area contributed by atoms with Crippen molar-refractivity contribution in [2.75, 3.05) is 7.11 Å². The Balaban J connectivity index is 2.63. The number of hydrogen-bond donors (Lipinski definition) is 1. The Bertz CT molecular complexity index is 921. The summed E-state index contributed by atoms with van der Waals surface area (Å²) in [6.07, 6.45) is -1.42. The highest BCUT2D eigenvalue weighted by atomic mass is 79.9. The first-order chi connectivity index (χ1) is 13.9. The van der Waals surface area contributed by atoms with Crippen LogP contribution >= 0.6 is 15.9 Å². The van der Waals surface area contributed by atoms with Crippen LogP contribution in [0.1, 0.15) is 32.0 Å². The minimum Gasteiger partial charge on any atom is -0.495 e. The second kappa shape index (κ2) is 9.20. The van der Waals surface area contributed by atoms with Crippen LogP contribution in [0.5, 0.6) is 0 Å². The molecule has 1 aromatic carbocycles. The van der Waals surface area contributed by atoms with Crippen LogP contribution in [-0.2, 0) is 21.6 Å². The third-order valence-electron chi connectivity index (χ3n) is 4.35. The summed E-state index contributed by atoms with van der Waals surface area (Å²) in [5.74, 6) is -0.585. The van der Waals surface area contributed by atoms with Gasteiger partial charge in [-0.05, 0) is 57.7 Å².